The topological polar surface area (TPSA) is 119 Å². The Kier molecular flexibility index (Phi) is 5.75. The Morgan fingerprint density at radius 1 is 1.15 bits per heavy atom. The summed E-state index contributed by atoms with van der Waals surface area (Å²) in [4.78, 5) is 8.91. The van der Waals surface area contributed by atoms with Gasteiger partial charge >= 0.3 is 0 Å². The molecule has 3 heterocycles. The first kappa shape index (κ1) is 21.8. The van der Waals surface area contributed by atoms with Gasteiger partial charge in [0.25, 0.3) is 10.0 Å². The number of hydrogen-bond acceptors (Lipinski definition) is 8. The summed E-state index contributed by atoms with van der Waals surface area (Å²) in [5, 5.41) is 18.3. The predicted molar refractivity (Wildman–Crippen MR) is 124 cm³/mol. The first-order valence-electron chi connectivity index (χ1n) is 10.3. The van der Waals surface area contributed by atoms with Crippen LogP contribution in [-0.4, -0.2) is 58.0 Å². The molecular weight excluding hydrogens is 466 g/mol. The van der Waals surface area contributed by atoms with Crippen LogP contribution in [0, 0.1) is 0 Å². The summed E-state index contributed by atoms with van der Waals surface area (Å²) in [5.41, 5.74) is 1.61. The van der Waals surface area contributed by atoms with E-state index in [2.05, 4.69) is 20.4 Å². The van der Waals surface area contributed by atoms with Gasteiger partial charge in [0.15, 0.2) is 0 Å². The number of aliphatic hydroxyl groups is 1. The fraction of sp³-hybridized carbons (Fsp3) is 0.227. The molecule has 2 atom stereocenters. The Bertz CT molecular complexity index is 1410. The molecule has 0 aliphatic carbocycles. The van der Waals surface area contributed by atoms with E-state index in [0.717, 1.165) is 4.09 Å². The van der Waals surface area contributed by atoms with Gasteiger partial charge in [-0.05, 0) is 30.7 Å². The van der Waals surface area contributed by atoms with Gasteiger partial charge in [0.05, 0.1) is 52.3 Å². The van der Waals surface area contributed by atoms with Crippen molar-refractivity contribution >= 4 is 38.5 Å². The Morgan fingerprint density at radius 3 is 2.76 bits per heavy atom. The molecule has 2 N–H and O–H groups in total. The first-order chi connectivity index (χ1) is 15.9. The van der Waals surface area contributed by atoms with E-state index in [-0.39, 0.29) is 17.5 Å². The molecule has 0 spiro atoms. The van der Waals surface area contributed by atoms with E-state index >= 15 is 0 Å². The molecule has 0 saturated carbocycles. The number of hydrogen-bond donors (Lipinski definition) is 2. The van der Waals surface area contributed by atoms with Gasteiger partial charge in [0, 0.05) is 17.6 Å². The largest absolute Gasteiger partial charge is 0.389 e. The van der Waals surface area contributed by atoms with Crippen molar-refractivity contribution in [1.29, 1.82) is 0 Å². The first-order valence-corrected chi connectivity index (χ1v) is 12.1. The molecule has 1 saturated heterocycles. The third-order valence-electron chi connectivity index (χ3n) is 5.46. The molecule has 0 amide bonds. The minimum absolute atomic E-state index is 0.156. The van der Waals surface area contributed by atoms with Gasteiger partial charge in [0.2, 0.25) is 5.95 Å². The van der Waals surface area contributed by atoms with Gasteiger partial charge in [-0.3, -0.25) is 0 Å². The van der Waals surface area contributed by atoms with Crippen LogP contribution in [0.25, 0.3) is 22.2 Å². The lowest BCUT2D eigenvalue weighted by atomic mass is 10.1. The summed E-state index contributed by atoms with van der Waals surface area (Å²) in [6, 6.07) is 13.1. The average Bonchev–Trinajstić information content (AvgIpc) is 3.26. The van der Waals surface area contributed by atoms with Gasteiger partial charge in [-0.15, -0.1) is 0 Å². The highest BCUT2D eigenvalue weighted by atomic mass is 35.5. The van der Waals surface area contributed by atoms with Crippen LogP contribution in [0.15, 0.2) is 65.8 Å². The molecule has 0 bridgehead atoms. The molecule has 1 fully saturated rings. The second kappa shape index (κ2) is 8.71. The molecule has 1 aliphatic heterocycles. The van der Waals surface area contributed by atoms with Crippen LogP contribution >= 0.6 is 11.6 Å². The molecule has 0 unspecified atom stereocenters. The summed E-state index contributed by atoms with van der Waals surface area (Å²) in [5.74, 6) is 0.336. The summed E-state index contributed by atoms with van der Waals surface area (Å²) >= 11 is 6.37. The fourth-order valence-corrected chi connectivity index (χ4v) is 5.23. The van der Waals surface area contributed by atoms with Crippen LogP contribution in [0.2, 0.25) is 5.02 Å². The minimum Gasteiger partial charge on any atom is -0.389 e. The van der Waals surface area contributed by atoms with Crippen LogP contribution in [0.4, 0.5) is 5.95 Å². The maximum Gasteiger partial charge on any atom is 0.283 e. The third kappa shape index (κ3) is 4.18. The number of anilines is 1. The van der Waals surface area contributed by atoms with Gasteiger partial charge in [-0.2, -0.15) is 17.6 Å². The number of aliphatic hydroxyl groups excluding tert-OH is 1. The molecule has 33 heavy (non-hydrogen) atoms. The summed E-state index contributed by atoms with van der Waals surface area (Å²) in [6.07, 6.45) is 2.95. The van der Waals surface area contributed by atoms with E-state index in [1.165, 1.54) is 24.5 Å². The van der Waals surface area contributed by atoms with Crippen molar-refractivity contribution in [3.05, 3.63) is 65.9 Å². The number of aromatic nitrogens is 4. The van der Waals surface area contributed by atoms with E-state index in [9.17, 15) is 13.5 Å². The van der Waals surface area contributed by atoms with Crippen molar-refractivity contribution in [2.75, 3.05) is 18.5 Å². The van der Waals surface area contributed by atoms with E-state index in [1.807, 2.05) is 0 Å². The normalized spacial score (nSPS) is 19.0. The maximum absolute atomic E-state index is 13.0. The molecule has 2 aromatic carbocycles. The molecule has 4 aromatic rings. The van der Waals surface area contributed by atoms with E-state index in [4.69, 9.17) is 16.3 Å². The number of fused-ring (bicyclic) bond motifs is 1. The van der Waals surface area contributed by atoms with Crippen molar-refractivity contribution in [1.82, 2.24) is 19.2 Å². The van der Waals surface area contributed by atoms with Crippen LogP contribution in [0.5, 0.6) is 0 Å². The standard InChI is InChI=1S/C22H20ClN5O4S/c23-17-12-24-22(26-18-8-9-32-13-20(18)29)27-21(17)14-6-7-19-15(10-14)11-25-28(19)33(30,31)16-4-2-1-3-5-16/h1-7,10-12,18,20,29H,8-9,13H2,(H,24,26,27)/t18-,20-/m1/s1. The average molecular weight is 486 g/mol. The lowest BCUT2D eigenvalue weighted by Crippen LogP contribution is -2.42. The zero-order valence-electron chi connectivity index (χ0n) is 17.3. The van der Waals surface area contributed by atoms with Crippen LogP contribution in [0.3, 0.4) is 0 Å². The summed E-state index contributed by atoms with van der Waals surface area (Å²) < 4.78 is 32.3. The zero-order chi connectivity index (χ0) is 23.0. The van der Waals surface area contributed by atoms with Crippen molar-refractivity contribution in [3.8, 4) is 11.3 Å². The van der Waals surface area contributed by atoms with Crippen LogP contribution in [0.1, 0.15) is 6.42 Å². The molecule has 2 aromatic heterocycles. The van der Waals surface area contributed by atoms with Crippen molar-refractivity contribution in [3.63, 3.8) is 0 Å². The van der Waals surface area contributed by atoms with Gasteiger partial charge < -0.3 is 15.2 Å². The molecule has 1 aliphatic rings. The van der Waals surface area contributed by atoms with Gasteiger partial charge in [-0.1, -0.05) is 35.9 Å². The summed E-state index contributed by atoms with van der Waals surface area (Å²) in [7, 11) is -3.83. The second-order valence-electron chi connectivity index (χ2n) is 7.65. The van der Waals surface area contributed by atoms with E-state index < -0.39 is 16.1 Å². The summed E-state index contributed by atoms with van der Waals surface area (Å²) in [6.45, 7) is 0.798. The maximum atomic E-state index is 13.0. The quantitative estimate of drug-likeness (QED) is 0.443. The van der Waals surface area contributed by atoms with Crippen molar-refractivity contribution in [2.45, 2.75) is 23.5 Å². The Balaban J connectivity index is 1.49. The van der Waals surface area contributed by atoms with Crippen LogP contribution in [-0.2, 0) is 14.8 Å². The third-order valence-corrected chi connectivity index (χ3v) is 7.35. The second-order valence-corrected chi connectivity index (χ2v) is 9.83. The number of nitrogens with zero attached hydrogens (tertiary/aromatic N) is 4. The lowest BCUT2D eigenvalue weighted by Gasteiger charge is -2.28. The fourth-order valence-electron chi connectivity index (χ4n) is 3.74. The van der Waals surface area contributed by atoms with Gasteiger partial charge in [-0.25, -0.2) is 9.97 Å². The van der Waals surface area contributed by atoms with Crippen molar-refractivity contribution in [2.24, 2.45) is 0 Å². The number of rotatable bonds is 5. The number of halogens is 1. The Morgan fingerprint density at radius 2 is 1.97 bits per heavy atom. The molecule has 5 rings (SSSR count). The monoisotopic (exact) mass is 485 g/mol. The highest BCUT2D eigenvalue weighted by molar-refractivity contribution is 7.90. The highest BCUT2D eigenvalue weighted by Gasteiger charge is 2.25. The predicted octanol–water partition coefficient (Wildman–Crippen LogP) is 2.95. The van der Waals surface area contributed by atoms with Crippen molar-refractivity contribution < 1.29 is 18.3 Å². The molecule has 0 radical (unpaired) electrons. The lowest BCUT2D eigenvalue weighted by molar-refractivity contribution is -0.0136. The minimum atomic E-state index is -3.83. The zero-order valence-corrected chi connectivity index (χ0v) is 18.9. The number of ether oxygens (including phenoxy) is 1. The number of nitrogens with one attached hydrogen (secondary N) is 1. The van der Waals surface area contributed by atoms with Crippen LogP contribution < -0.4 is 5.32 Å². The Hall–Kier alpha value is -3.05. The van der Waals surface area contributed by atoms with Gasteiger partial charge in [0.1, 0.15) is 0 Å². The van der Waals surface area contributed by atoms with E-state index in [1.54, 1.807) is 36.4 Å². The number of benzene rings is 2. The van der Waals surface area contributed by atoms with E-state index in [0.29, 0.717) is 46.2 Å². The highest BCUT2D eigenvalue weighted by Crippen LogP contribution is 2.30. The Labute approximate surface area is 195 Å². The molecule has 11 heteroatoms. The SMILES string of the molecule is O=S(=O)(c1ccccc1)n1ncc2cc(-c3nc(N[C@@H]4CCOC[C@H]4O)ncc3Cl)ccc21. The molecule has 9 nitrogen and oxygen atoms in total. The smallest absolute Gasteiger partial charge is 0.283 e. The molecular formula is C22H20ClN5O4S. The molecule has 170 valence electrons.